The first kappa shape index (κ1) is 30.7. The number of rotatable bonds is 5. The molecule has 11 aromatic rings. The Morgan fingerprint density at radius 2 is 0.907 bits per heavy atom. The van der Waals surface area contributed by atoms with E-state index in [1.165, 1.54) is 53.9 Å². The molecule has 0 atom stereocenters. The minimum Gasteiger partial charge on any atom is -0.456 e. The van der Waals surface area contributed by atoms with Crippen molar-refractivity contribution in [1.82, 2.24) is 9.97 Å². The molecule has 3 aromatic heterocycles. The van der Waals surface area contributed by atoms with Gasteiger partial charge in [0.1, 0.15) is 11.2 Å². The second-order valence-electron chi connectivity index (χ2n) is 13.7. The average Bonchev–Trinajstić information content (AvgIpc) is 3.85. The number of furan rings is 1. The van der Waals surface area contributed by atoms with Gasteiger partial charge in [-0.2, -0.15) is 0 Å². The fraction of sp³-hybridized carbons (Fsp3) is 0. The summed E-state index contributed by atoms with van der Waals surface area (Å²) in [4.78, 5) is 11.5. The van der Waals surface area contributed by atoms with Gasteiger partial charge in [0.15, 0.2) is 5.82 Å². The highest BCUT2D eigenvalue weighted by molar-refractivity contribution is 7.22. The lowest BCUT2D eigenvalue weighted by molar-refractivity contribution is 0.669. The maximum absolute atomic E-state index is 6.28. The first-order valence-electron chi connectivity index (χ1n) is 18.1. The molecule has 4 heteroatoms. The quantitative estimate of drug-likeness (QED) is 0.167. The van der Waals surface area contributed by atoms with Crippen LogP contribution in [0.5, 0.6) is 0 Å². The van der Waals surface area contributed by atoms with Gasteiger partial charge in [-0.05, 0) is 85.6 Å². The SMILES string of the molecule is c1ccc(-c2c3ccccc3c(-c3ccc(-c4cc(-c5cc6ccccc6s5)nc(-c5ccc6c(c5)oc5ccccc56)n4)cc3)c3ccccc23)cc1. The van der Waals surface area contributed by atoms with E-state index in [0.29, 0.717) is 5.82 Å². The monoisotopic (exact) mass is 706 g/mol. The molecule has 0 saturated carbocycles. The first-order valence-corrected chi connectivity index (χ1v) is 19.0. The molecule has 11 rings (SSSR count). The van der Waals surface area contributed by atoms with Crippen LogP contribution in [0.25, 0.3) is 109 Å². The van der Waals surface area contributed by atoms with Crippen LogP contribution in [0.15, 0.2) is 186 Å². The van der Waals surface area contributed by atoms with E-state index in [1.54, 1.807) is 11.3 Å². The molecule has 0 aliphatic rings. The Bertz CT molecular complexity index is 3120. The van der Waals surface area contributed by atoms with Gasteiger partial charge in [0.2, 0.25) is 0 Å². The van der Waals surface area contributed by atoms with Crippen LogP contribution >= 0.6 is 11.3 Å². The van der Waals surface area contributed by atoms with Crippen LogP contribution in [0.1, 0.15) is 0 Å². The van der Waals surface area contributed by atoms with Gasteiger partial charge in [-0.1, -0.05) is 146 Å². The van der Waals surface area contributed by atoms with Crippen LogP contribution < -0.4 is 0 Å². The molecule has 0 radical (unpaired) electrons. The van der Waals surface area contributed by atoms with Gasteiger partial charge in [-0.25, -0.2) is 9.97 Å². The lowest BCUT2D eigenvalue weighted by Crippen LogP contribution is -1.95. The Morgan fingerprint density at radius 3 is 1.61 bits per heavy atom. The predicted octanol–water partition coefficient (Wildman–Crippen LogP) is 14.2. The van der Waals surface area contributed by atoms with Crippen molar-refractivity contribution < 1.29 is 4.42 Å². The van der Waals surface area contributed by atoms with E-state index in [4.69, 9.17) is 14.4 Å². The van der Waals surface area contributed by atoms with Gasteiger partial charge in [0, 0.05) is 26.6 Å². The highest BCUT2D eigenvalue weighted by atomic mass is 32.1. The lowest BCUT2D eigenvalue weighted by atomic mass is 9.86. The third-order valence-electron chi connectivity index (χ3n) is 10.5. The summed E-state index contributed by atoms with van der Waals surface area (Å²) in [5.41, 5.74) is 10.3. The number of para-hydroxylation sites is 1. The fourth-order valence-electron chi connectivity index (χ4n) is 7.99. The van der Waals surface area contributed by atoms with Crippen molar-refractivity contribution >= 4 is 64.9 Å². The molecule has 3 nitrogen and oxygen atoms in total. The largest absolute Gasteiger partial charge is 0.456 e. The Kier molecular flexibility index (Phi) is 7.04. The molecule has 0 fully saturated rings. The molecule has 8 aromatic carbocycles. The van der Waals surface area contributed by atoms with Crippen molar-refractivity contribution in [3.05, 3.63) is 182 Å². The van der Waals surface area contributed by atoms with E-state index in [2.05, 4.69) is 164 Å². The van der Waals surface area contributed by atoms with Crippen molar-refractivity contribution in [1.29, 1.82) is 0 Å². The van der Waals surface area contributed by atoms with Crippen molar-refractivity contribution in [2.75, 3.05) is 0 Å². The summed E-state index contributed by atoms with van der Waals surface area (Å²) < 4.78 is 7.52. The molecular weight excluding hydrogens is 677 g/mol. The van der Waals surface area contributed by atoms with Crippen molar-refractivity contribution in [3.8, 4) is 55.5 Å². The van der Waals surface area contributed by atoms with E-state index in [1.807, 2.05) is 18.2 Å². The van der Waals surface area contributed by atoms with Crippen molar-refractivity contribution in [2.24, 2.45) is 0 Å². The van der Waals surface area contributed by atoms with Gasteiger partial charge in [-0.3, -0.25) is 0 Å². The smallest absolute Gasteiger partial charge is 0.160 e. The molecular formula is C50H30N2OS. The standard InChI is InChI=1S/C50H30N2OS/c1-2-12-32(13-3-1)48-38-16-5-7-18-40(38)49(41-19-8-6-17-39(41)48)33-24-22-31(23-25-33)42-30-43(47-29-34-14-4-11-21-46(34)54-47)52-50(51-42)35-26-27-37-36-15-9-10-20-44(36)53-45(37)28-35/h1-30H. The highest BCUT2D eigenvalue weighted by Gasteiger charge is 2.18. The molecule has 0 bridgehead atoms. The van der Waals surface area contributed by atoms with Gasteiger partial charge in [0.05, 0.1) is 16.3 Å². The van der Waals surface area contributed by atoms with Crippen molar-refractivity contribution in [3.63, 3.8) is 0 Å². The average molecular weight is 707 g/mol. The summed E-state index contributed by atoms with van der Waals surface area (Å²) in [7, 11) is 0. The second kappa shape index (κ2) is 12.4. The zero-order chi connectivity index (χ0) is 35.6. The maximum Gasteiger partial charge on any atom is 0.160 e. The Morgan fingerprint density at radius 1 is 0.370 bits per heavy atom. The summed E-state index contributed by atoms with van der Waals surface area (Å²) >= 11 is 1.76. The molecule has 0 N–H and O–H groups in total. The number of hydrogen-bond donors (Lipinski definition) is 0. The minimum atomic E-state index is 0.667. The van der Waals surface area contributed by atoms with E-state index in [9.17, 15) is 0 Å². The predicted molar refractivity (Wildman–Crippen MR) is 227 cm³/mol. The highest BCUT2D eigenvalue weighted by Crippen LogP contribution is 2.44. The van der Waals surface area contributed by atoms with Crippen molar-refractivity contribution in [2.45, 2.75) is 0 Å². The summed E-state index contributed by atoms with van der Waals surface area (Å²) in [6.07, 6.45) is 0. The van der Waals surface area contributed by atoms with Gasteiger partial charge in [-0.15, -0.1) is 11.3 Å². The summed E-state index contributed by atoms with van der Waals surface area (Å²) in [6.45, 7) is 0. The Balaban J connectivity index is 1.07. The van der Waals surface area contributed by atoms with Gasteiger partial charge >= 0.3 is 0 Å². The fourth-order valence-corrected chi connectivity index (χ4v) is 9.01. The molecule has 54 heavy (non-hydrogen) atoms. The second-order valence-corrected chi connectivity index (χ2v) is 14.8. The first-order chi connectivity index (χ1) is 26.7. The van der Waals surface area contributed by atoms with E-state index < -0.39 is 0 Å². The Hall–Kier alpha value is -6.88. The number of aromatic nitrogens is 2. The molecule has 252 valence electrons. The molecule has 0 aliphatic carbocycles. The Labute approximate surface area is 315 Å². The number of hydrogen-bond acceptors (Lipinski definition) is 4. The molecule has 3 heterocycles. The molecule has 0 spiro atoms. The maximum atomic E-state index is 6.28. The van der Waals surface area contributed by atoms with Crippen LogP contribution in [0.3, 0.4) is 0 Å². The summed E-state index contributed by atoms with van der Waals surface area (Å²) in [6, 6.07) is 64.5. The normalized spacial score (nSPS) is 11.7. The lowest BCUT2D eigenvalue weighted by Gasteiger charge is -2.18. The molecule has 0 amide bonds. The van der Waals surface area contributed by atoms with Crippen LogP contribution in [0, 0.1) is 0 Å². The number of thiophene rings is 1. The third kappa shape index (κ3) is 5.03. The van der Waals surface area contributed by atoms with Crippen LogP contribution in [-0.4, -0.2) is 9.97 Å². The zero-order valence-electron chi connectivity index (χ0n) is 29.0. The molecule has 0 aliphatic heterocycles. The van der Waals surface area contributed by atoms with Gasteiger partial charge < -0.3 is 4.42 Å². The van der Waals surface area contributed by atoms with Crippen LogP contribution in [0.4, 0.5) is 0 Å². The topological polar surface area (TPSA) is 38.9 Å². The van der Waals surface area contributed by atoms with E-state index in [-0.39, 0.29) is 0 Å². The molecule has 0 saturated heterocycles. The summed E-state index contributed by atoms with van der Waals surface area (Å²) in [5, 5.41) is 8.37. The summed E-state index contributed by atoms with van der Waals surface area (Å²) in [5.74, 6) is 0.667. The number of nitrogens with zero attached hydrogens (tertiary/aromatic N) is 2. The van der Waals surface area contributed by atoms with Crippen LogP contribution in [-0.2, 0) is 0 Å². The number of fused-ring (bicyclic) bond motifs is 6. The number of benzene rings is 8. The van der Waals surface area contributed by atoms with E-state index >= 15 is 0 Å². The third-order valence-corrected chi connectivity index (χ3v) is 11.6. The van der Waals surface area contributed by atoms with Crippen LogP contribution in [0.2, 0.25) is 0 Å². The van der Waals surface area contributed by atoms with E-state index in [0.717, 1.165) is 49.3 Å². The van der Waals surface area contributed by atoms with Gasteiger partial charge in [0.25, 0.3) is 0 Å². The molecule has 0 unspecified atom stereocenters. The zero-order valence-corrected chi connectivity index (χ0v) is 29.8. The minimum absolute atomic E-state index is 0.667.